The molecule has 0 heterocycles. The average Bonchev–Trinajstić information content (AvgIpc) is 2.30. The molecule has 0 saturated carbocycles. The lowest BCUT2D eigenvalue weighted by Gasteiger charge is -2.17. The van der Waals surface area contributed by atoms with Crippen molar-refractivity contribution in [1.82, 2.24) is 0 Å². The van der Waals surface area contributed by atoms with Gasteiger partial charge in [-0.15, -0.1) is 0 Å². The van der Waals surface area contributed by atoms with Crippen molar-refractivity contribution in [2.45, 2.75) is 19.1 Å². The van der Waals surface area contributed by atoms with Gasteiger partial charge < -0.3 is 14.9 Å². The monoisotopic (exact) mass is 306 g/mol. The predicted octanol–water partition coefficient (Wildman–Crippen LogP) is 1.55. The van der Waals surface area contributed by atoms with Crippen LogP contribution in [0.25, 0.3) is 0 Å². The molecule has 0 amide bonds. The maximum absolute atomic E-state index is 13.0. The van der Waals surface area contributed by atoms with Crippen LogP contribution >= 0.6 is 15.9 Å². The third-order valence-electron chi connectivity index (χ3n) is 2.10. The van der Waals surface area contributed by atoms with Gasteiger partial charge in [0.1, 0.15) is 11.9 Å². The van der Waals surface area contributed by atoms with E-state index in [1.54, 1.807) is 6.92 Å². The molecular formula is C11H12BrFO4. The van der Waals surface area contributed by atoms with Crippen molar-refractivity contribution < 1.29 is 24.1 Å². The summed E-state index contributed by atoms with van der Waals surface area (Å²) in [5, 5.41) is 19.3. The summed E-state index contributed by atoms with van der Waals surface area (Å²) in [6.45, 7) is 1.67. The Bertz CT molecular complexity index is 410. The Hall–Kier alpha value is -0.980. The number of ether oxygens (including phenoxy) is 1. The largest absolute Gasteiger partial charge is 0.464 e. The van der Waals surface area contributed by atoms with E-state index in [1.807, 2.05) is 0 Å². The van der Waals surface area contributed by atoms with Crippen molar-refractivity contribution >= 4 is 21.9 Å². The van der Waals surface area contributed by atoms with Crippen LogP contribution in [0.5, 0.6) is 0 Å². The van der Waals surface area contributed by atoms with Crippen LogP contribution in [0.1, 0.15) is 18.6 Å². The second-order valence-corrected chi connectivity index (χ2v) is 4.16. The molecule has 0 saturated heterocycles. The summed E-state index contributed by atoms with van der Waals surface area (Å²) in [4.78, 5) is 11.2. The van der Waals surface area contributed by atoms with Crippen molar-refractivity contribution in [3.05, 3.63) is 34.1 Å². The lowest BCUT2D eigenvalue weighted by Crippen LogP contribution is -2.30. The van der Waals surface area contributed by atoms with Crippen LogP contribution < -0.4 is 0 Å². The molecular weight excluding hydrogens is 295 g/mol. The molecule has 94 valence electrons. The number of hydrogen-bond donors (Lipinski definition) is 2. The van der Waals surface area contributed by atoms with Crippen LogP contribution in [0, 0.1) is 5.82 Å². The highest BCUT2D eigenvalue weighted by Gasteiger charge is 2.28. The summed E-state index contributed by atoms with van der Waals surface area (Å²) in [6, 6.07) is 3.61. The summed E-state index contributed by atoms with van der Waals surface area (Å²) < 4.78 is 17.9. The summed E-state index contributed by atoms with van der Waals surface area (Å²) >= 11 is 3.10. The first-order valence-corrected chi connectivity index (χ1v) is 5.74. The smallest absolute Gasteiger partial charge is 0.338 e. The van der Waals surface area contributed by atoms with Gasteiger partial charge in [-0.25, -0.2) is 9.18 Å². The van der Waals surface area contributed by atoms with Crippen molar-refractivity contribution in [2.75, 3.05) is 6.61 Å². The summed E-state index contributed by atoms with van der Waals surface area (Å²) in [6.07, 6.45) is -3.29. The zero-order valence-electron chi connectivity index (χ0n) is 9.06. The first kappa shape index (κ1) is 14.1. The van der Waals surface area contributed by atoms with E-state index in [4.69, 9.17) is 0 Å². The lowest BCUT2D eigenvalue weighted by molar-refractivity contribution is -0.159. The number of benzene rings is 1. The van der Waals surface area contributed by atoms with Crippen LogP contribution in [0.3, 0.4) is 0 Å². The standard InChI is InChI=1S/C11H12BrFO4/c1-2-17-11(16)10(15)9(14)7-5-6(13)3-4-8(7)12/h3-5,9-10,14-15H,2H2,1H3. The van der Waals surface area contributed by atoms with E-state index in [0.29, 0.717) is 4.47 Å². The summed E-state index contributed by atoms with van der Waals surface area (Å²) in [7, 11) is 0. The van der Waals surface area contributed by atoms with E-state index in [0.717, 1.165) is 6.07 Å². The van der Waals surface area contributed by atoms with Gasteiger partial charge in [0.05, 0.1) is 6.61 Å². The Kier molecular flexibility index (Phi) is 5.04. The van der Waals surface area contributed by atoms with Crippen LogP contribution in [0.2, 0.25) is 0 Å². The molecule has 1 aromatic carbocycles. The van der Waals surface area contributed by atoms with Gasteiger partial charge in [0.25, 0.3) is 0 Å². The highest BCUT2D eigenvalue weighted by Crippen LogP contribution is 2.27. The van der Waals surface area contributed by atoms with Gasteiger partial charge in [-0.1, -0.05) is 15.9 Å². The predicted molar refractivity (Wildman–Crippen MR) is 61.7 cm³/mol. The normalized spacial score (nSPS) is 14.2. The third-order valence-corrected chi connectivity index (χ3v) is 2.83. The van der Waals surface area contributed by atoms with Gasteiger partial charge in [0.15, 0.2) is 6.10 Å². The molecule has 2 N–H and O–H groups in total. The van der Waals surface area contributed by atoms with Crippen LogP contribution in [0.4, 0.5) is 4.39 Å². The van der Waals surface area contributed by atoms with Gasteiger partial charge in [-0.05, 0) is 25.1 Å². The minimum atomic E-state index is -1.74. The first-order valence-electron chi connectivity index (χ1n) is 4.95. The second kappa shape index (κ2) is 6.09. The van der Waals surface area contributed by atoms with Gasteiger partial charge in [0, 0.05) is 10.0 Å². The van der Waals surface area contributed by atoms with E-state index >= 15 is 0 Å². The van der Waals surface area contributed by atoms with E-state index < -0.39 is 24.0 Å². The van der Waals surface area contributed by atoms with Crippen LogP contribution in [-0.2, 0) is 9.53 Å². The number of esters is 1. The fourth-order valence-electron chi connectivity index (χ4n) is 1.27. The number of halogens is 2. The number of rotatable bonds is 4. The zero-order valence-corrected chi connectivity index (χ0v) is 10.6. The van der Waals surface area contributed by atoms with Crippen molar-refractivity contribution in [2.24, 2.45) is 0 Å². The molecule has 4 nitrogen and oxygen atoms in total. The molecule has 2 atom stereocenters. The number of aliphatic hydroxyl groups is 2. The Morgan fingerprint density at radius 1 is 1.53 bits per heavy atom. The minimum Gasteiger partial charge on any atom is -0.464 e. The number of aliphatic hydroxyl groups excluding tert-OH is 2. The Morgan fingerprint density at radius 2 is 2.18 bits per heavy atom. The highest BCUT2D eigenvalue weighted by atomic mass is 79.9. The number of hydrogen-bond acceptors (Lipinski definition) is 4. The molecule has 1 aromatic rings. The second-order valence-electron chi connectivity index (χ2n) is 3.31. The topological polar surface area (TPSA) is 66.8 Å². The molecule has 1 rings (SSSR count). The number of carbonyl (C=O) groups excluding carboxylic acids is 1. The van der Waals surface area contributed by atoms with Gasteiger partial charge in [-0.3, -0.25) is 0 Å². The quantitative estimate of drug-likeness (QED) is 0.828. The molecule has 0 spiro atoms. The molecule has 0 radical (unpaired) electrons. The van der Waals surface area contributed by atoms with Crippen molar-refractivity contribution in [1.29, 1.82) is 0 Å². The fraction of sp³-hybridized carbons (Fsp3) is 0.364. The molecule has 0 bridgehead atoms. The summed E-state index contributed by atoms with van der Waals surface area (Å²) in [5.74, 6) is -1.52. The molecule has 0 aliphatic heterocycles. The van der Waals surface area contributed by atoms with Gasteiger partial charge in [-0.2, -0.15) is 0 Å². The molecule has 0 aromatic heterocycles. The van der Waals surface area contributed by atoms with Gasteiger partial charge in [0.2, 0.25) is 0 Å². The van der Waals surface area contributed by atoms with E-state index in [9.17, 15) is 19.4 Å². The Balaban J connectivity index is 2.91. The van der Waals surface area contributed by atoms with E-state index in [1.165, 1.54) is 12.1 Å². The number of carbonyl (C=O) groups is 1. The zero-order chi connectivity index (χ0) is 13.0. The molecule has 6 heteroatoms. The molecule has 2 unspecified atom stereocenters. The molecule has 0 fully saturated rings. The molecule has 0 aliphatic carbocycles. The first-order chi connectivity index (χ1) is 7.97. The average molecular weight is 307 g/mol. The third kappa shape index (κ3) is 3.49. The minimum absolute atomic E-state index is 0.0885. The van der Waals surface area contributed by atoms with Gasteiger partial charge >= 0.3 is 5.97 Å². The van der Waals surface area contributed by atoms with Crippen molar-refractivity contribution in [3.63, 3.8) is 0 Å². The summed E-state index contributed by atoms with van der Waals surface area (Å²) in [5.41, 5.74) is 0.0885. The maximum atomic E-state index is 13.0. The maximum Gasteiger partial charge on any atom is 0.338 e. The lowest BCUT2D eigenvalue weighted by atomic mass is 10.0. The van der Waals surface area contributed by atoms with Crippen molar-refractivity contribution in [3.8, 4) is 0 Å². The molecule has 17 heavy (non-hydrogen) atoms. The van der Waals surface area contributed by atoms with E-state index in [-0.39, 0.29) is 12.2 Å². The van der Waals surface area contributed by atoms with E-state index in [2.05, 4.69) is 20.7 Å². The SMILES string of the molecule is CCOC(=O)C(O)C(O)c1cc(F)ccc1Br. The molecule has 0 aliphatic rings. The Labute approximate surface area is 106 Å². The van der Waals surface area contributed by atoms with Crippen LogP contribution in [0.15, 0.2) is 22.7 Å². The highest BCUT2D eigenvalue weighted by molar-refractivity contribution is 9.10. The Morgan fingerprint density at radius 3 is 2.76 bits per heavy atom. The fourth-order valence-corrected chi connectivity index (χ4v) is 1.75. The van der Waals surface area contributed by atoms with Crippen LogP contribution in [-0.4, -0.2) is 28.9 Å².